The molecule has 1 saturated carbocycles. The molecule has 2 aromatic heterocycles. The zero-order valence-electron chi connectivity index (χ0n) is 19.4. The number of benzene rings is 1. The van der Waals surface area contributed by atoms with Crippen molar-refractivity contribution in [3.8, 4) is 11.4 Å². The second-order valence-electron chi connectivity index (χ2n) is 9.55. The molecular weight excluding hydrogens is 541 g/mol. The maximum absolute atomic E-state index is 14.4. The summed E-state index contributed by atoms with van der Waals surface area (Å²) in [7, 11) is 1.66. The first-order valence-electron chi connectivity index (χ1n) is 11.4. The number of fused-ring (bicyclic) bond motifs is 1. The standard InChI is InChI=1S/C23H26BrClFN7O2/c1-22(20(34)27-2)4-3-14(8-22)30-21-29-9-17-18(24)32-33(19(17)31-21)15-5-13(25)6-16(7-15)35-12-23(26)10-28-11-23/h5-7,9,14,28H,3-4,8,10-12H2,1-2H3,(H,27,34)(H,29,30,31)/t14-,22-/m1/s1. The molecule has 1 aliphatic heterocycles. The van der Waals surface area contributed by atoms with Gasteiger partial charge in [0.2, 0.25) is 11.9 Å². The van der Waals surface area contributed by atoms with Gasteiger partial charge < -0.3 is 20.7 Å². The molecule has 3 aromatic rings. The Hall–Kier alpha value is -2.50. The Labute approximate surface area is 215 Å². The van der Waals surface area contributed by atoms with E-state index < -0.39 is 11.1 Å². The van der Waals surface area contributed by atoms with E-state index in [0.717, 1.165) is 18.2 Å². The fourth-order valence-electron chi connectivity index (χ4n) is 4.64. The van der Waals surface area contributed by atoms with Gasteiger partial charge >= 0.3 is 0 Å². The Kier molecular flexibility index (Phi) is 6.35. The van der Waals surface area contributed by atoms with Crippen LogP contribution in [-0.4, -0.2) is 64.1 Å². The number of nitrogens with one attached hydrogen (secondary N) is 3. The third-order valence-corrected chi connectivity index (χ3v) is 7.52. The van der Waals surface area contributed by atoms with Gasteiger partial charge in [0.05, 0.1) is 11.1 Å². The van der Waals surface area contributed by atoms with Gasteiger partial charge in [0.1, 0.15) is 17.0 Å². The number of hydrogen-bond acceptors (Lipinski definition) is 7. The average Bonchev–Trinajstić information content (AvgIpc) is 3.35. The Balaban J connectivity index is 1.40. The number of anilines is 1. The number of carbonyl (C=O) groups excluding carboxylic acids is 1. The molecule has 12 heteroatoms. The van der Waals surface area contributed by atoms with Gasteiger partial charge in [0.25, 0.3) is 0 Å². The summed E-state index contributed by atoms with van der Waals surface area (Å²) in [4.78, 5) is 21.4. The Bertz CT molecular complexity index is 1280. The number of nitrogens with zero attached hydrogens (tertiary/aromatic N) is 4. The minimum atomic E-state index is -1.37. The highest BCUT2D eigenvalue weighted by molar-refractivity contribution is 9.10. The van der Waals surface area contributed by atoms with Crippen molar-refractivity contribution in [1.29, 1.82) is 0 Å². The lowest BCUT2D eigenvalue weighted by Crippen LogP contribution is -2.59. The minimum Gasteiger partial charge on any atom is -0.490 e. The zero-order chi connectivity index (χ0) is 24.8. The van der Waals surface area contributed by atoms with Crippen LogP contribution >= 0.6 is 27.5 Å². The molecule has 1 saturated heterocycles. The lowest BCUT2D eigenvalue weighted by molar-refractivity contribution is -0.129. The zero-order valence-corrected chi connectivity index (χ0v) is 21.7. The van der Waals surface area contributed by atoms with Crippen LogP contribution in [0.3, 0.4) is 0 Å². The molecule has 0 unspecified atom stereocenters. The van der Waals surface area contributed by atoms with Crippen molar-refractivity contribution in [2.75, 3.05) is 32.1 Å². The normalized spacial score (nSPS) is 23.2. The molecule has 1 amide bonds. The van der Waals surface area contributed by atoms with E-state index in [1.807, 2.05) is 6.92 Å². The predicted molar refractivity (Wildman–Crippen MR) is 135 cm³/mol. The number of aromatic nitrogens is 4. The van der Waals surface area contributed by atoms with Gasteiger partial charge in [-0.2, -0.15) is 10.1 Å². The van der Waals surface area contributed by atoms with Crippen LogP contribution in [0.25, 0.3) is 16.7 Å². The van der Waals surface area contributed by atoms with Gasteiger partial charge in [0.15, 0.2) is 11.3 Å². The molecule has 2 aliphatic rings. The fraction of sp³-hybridized carbons (Fsp3) is 0.478. The van der Waals surface area contributed by atoms with Crippen molar-refractivity contribution < 1.29 is 13.9 Å². The van der Waals surface area contributed by atoms with E-state index in [4.69, 9.17) is 21.3 Å². The molecule has 5 rings (SSSR count). The van der Waals surface area contributed by atoms with Crippen LogP contribution in [0.15, 0.2) is 29.0 Å². The summed E-state index contributed by atoms with van der Waals surface area (Å²) in [6, 6.07) is 5.22. The monoisotopic (exact) mass is 565 g/mol. The van der Waals surface area contributed by atoms with E-state index in [-0.39, 0.29) is 31.6 Å². The topological polar surface area (TPSA) is 106 Å². The van der Waals surface area contributed by atoms with Gasteiger partial charge in [-0.05, 0) is 47.3 Å². The number of rotatable bonds is 7. The van der Waals surface area contributed by atoms with Crippen LogP contribution in [0.4, 0.5) is 10.3 Å². The van der Waals surface area contributed by atoms with Gasteiger partial charge in [-0.25, -0.2) is 14.1 Å². The lowest BCUT2D eigenvalue weighted by atomic mass is 9.87. The Morgan fingerprint density at radius 3 is 2.91 bits per heavy atom. The lowest BCUT2D eigenvalue weighted by Gasteiger charge is -2.34. The molecule has 0 bridgehead atoms. The maximum Gasteiger partial charge on any atom is 0.225 e. The van der Waals surface area contributed by atoms with Crippen molar-refractivity contribution in [1.82, 2.24) is 30.4 Å². The molecular formula is C23H26BrClFN7O2. The molecule has 3 N–H and O–H groups in total. The first-order valence-corrected chi connectivity index (χ1v) is 12.6. The summed E-state index contributed by atoms with van der Waals surface area (Å²) >= 11 is 9.83. The summed E-state index contributed by atoms with van der Waals surface area (Å²) in [5.74, 6) is 0.946. The first-order chi connectivity index (χ1) is 16.7. The SMILES string of the molecule is CNC(=O)[C@]1(C)CC[C@@H](Nc2ncc3c(Br)nn(-c4cc(Cl)cc(OCC5(F)CNC5)c4)c3n2)C1. The summed E-state index contributed by atoms with van der Waals surface area (Å²) in [6.07, 6.45) is 4.02. The van der Waals surface area contributed by atoms with E-state index >= 15 is 0 Å². The molecule has 3 heterocycles. The van der Waals surface area contributed by atoms with Gasteiger partial charge in [-0.1, -0.05) is 18.5 Å². The van der Waals surface area contributed by atoms with Crippen LogP contribution in [0.5, 0.6) is 5.75 Å². The molecule has 2 fully saturated rings. The van der Waals surface area contributed by atoms with Crippen molar-refractivity contribution in [2.45, 2.75) is 37.9 Å². The molecule has 186 valence electrons. The second-order valence-corrected chi connectivity index (χ2v) is 10.7. The molecule has 0 radical (unpaired) electrons. The summed E-state index contributed by atoms with van der Waals surface area (Å²) < 4.78 is 22.3. The van der Waals surface area contributed by atoms with Crippen LogP contribution in [-0.2, 0) is 4.79 Å². The molecule has 9 nitrogen and oxygen atoms in total. The van der Waals surface area contributed by atoms with E-state index in [1.54, 1.807) is 36.1 Å². The molecule has 0 spiro atoms. The number of carbonyl (C=O) groups is 1. The predicted octanol–water partition coefficient (Wildman–Crippen LogP) is 3.64. The van der Waals surface area contributed by atoms with Gasteiger partial charge in [0, 0.05) is 48.9 Å². The van der Waals surface area contributed by atoms with Crippen LogP contribution in [0, 0.1) is 5.41 Å². The number of hydrogen-bond donors (Lipinski definition) is 3. The number of halogens is 3. The van der Waals surface area contributed by atoms with E-state index in [9.17, 15) is 9.18 Å². The van der Waals surface area contributed by atoms with Crippen molar-refractivity contribution in [3.05, 3.63) is 34.0 Å². The van der Waals surface area contributed by atoms with Crippen molar-refractivity contribution >= 4 is 50.4 Å². The summed E-state index contributed by atoms with van der Waals surface area (Å²) in [5.41, 5.74) is -0.585. The molecule has 1 aromatic carbocycles. The quantitative estimate of drug-likeness (QED) is 0.401. The third kappa shape index (κ3) is 4.81. The maximum atomic E-state index is 14.4. The van der Waals surface area contributed by atoms with Gasteiger partial charge in [-0.15, -0.1) is 0 Å². The third-order valence-electron chi connectivity index (χ3n) is 6.71. The van der Waals surface area contributed by atoms with Crippen LogP contribution in [0.1, 0.15) is 26.2 Å². The number of alkyl halides is 1. The van der Waals surface area contributed by atoms with E-state index in [2.05, 4.69) is 42.0 Å². The summed E-state index contributed by atoms with van der Waals surface area (Å²) in [5, 5.41) is 14.8. The van der Waals surface area contributed by atoms with Gasteiger partial charge in [-0.3, -0.25) is 4.79 Å². The van der Waals surface area contributed by atoms with E-state index in [1.165, 1.54) is 0 Å². The highest BCUT2D eigenvalue weighted by Gasteiger charge is 2.41. The minimum absolute atomic E-state index is 0.0476. The average molecular weight is 567 g/mol. The van der Waals surface area contributed by atoms with Crippen LogP contribution in [0.2, 0.25) is 5.02 Å². The highest BCUT2D eigenvalue weighted by atomic mass is 79.9. The summed E-state index contributed by atoms with van der Waals surface area (Å²) in [6.45, 7) is 2.46. The Morgan fingerprint density at radius 1 is 1.40 bits per heavy atom. The van der Waals surface area contributed by atoms with E-state index in [0.29, 0.717) is 39.1 Å². The molecule has 35 heavy (non-hydrogen) atoms. The number of amides is 1. The fourth-order valence-corrected chi connectivity index (χ4v) is 5.30. The highest BCUT2D eigenvalue weighted by Crippen LogP contribution is 2.39. The van der Waals surface area contributed by atoms with Crippen molar-refractivity contribution in [3.63, 3.8) is 0 Å². The smallest absolute Gasteiger partial charge is 0.225 e. The number of ether oxygens (including phenoxy) is 1. The Morgan fingerprint density at radius 2 is 2.20 bits per heavy atom. The largest absolute Gasteiger partial charge is 0.490 e. The van der Waals surface area contributed by atoms with Crippen molar-refractivity contribution in [2.24, 2.45) is 5.41 Å². The second kappa shape index (κ2) is 9.18. The molecule has 2 atom stereocenters. The molecule has 1 aliphatic carbocycles. The van der Waals surface area contributed by atoms with Crippen LogP contribution < -0.4 is 20.7 Å². The first kappa shape index (κ1) is 24.2.